The zero-order chi connectivity index (χ0) is 16.0. The number of benzene rings is 1. The van der Waals surface area contributed by atoms with Crippen molar-refractivity contribution in [3.8, 4) is 0 Å². The van der Waals surface area contributed by atoms with Gasteiger partial charge in [-0.1, -0.05) is 15.9 Å². The van der Waals surface area contributed by atoms with Gasteiger partial charge in [0.1, 0.15) is 0 Å². The molecule has 0 bridgehead atoms. The van der Waals surface area contributed by atoms with Gasteiger partial charge in [-0.3, -0.25) is 9.59 Å². The maximum atomic E-state index is 11.7. The summed E-state index contributed by atoms with van der Waals surface area (Å²) in [6.07, 6.45) is 0. The number of carbonyl (C=O) groups is 2. The van der Waals surface area contributed by atoms with E-state index in [1.54, 1.807) is 0 Å². The highest BCUT2D eigenvalue weighted by molar-refractivity contribution is 9.10. The predicted octanol–water partition coefficient (Wildman–Crippen LogP) is 2.88. The third kappa shape index (κ3) is 7.52. The summed E-state index contributed by atoms with van der Waals surface area (Å²) in [4.78, 5) is 24.4. The van der Waals surface area contributed by atoms with E-state index in [4.69, 9.17) is 0 Å². The number of amides is 2. The Bertz CT molecular complexity index is 527. The molecule has 2 N–H and O–H groups in total. The molecule has 0 saturated heterocycles. The normalized spacial score (nSPS) is 11.1. The van der Waals surface area contributed by atoms with E-state index in [-0.39, 0.29) is 23.9 Å². The van der Waals surface area contributed by atoms with Crippen LogP contribution >= 0.6 is 27.7 Å². The molecule has 0 heterocycles. The Morgan fingerprint density at radius 3 is 2.48 bits per heavy atom. The number of halogens is 1. The van der Waals surface area contributed by atoms with E-state index in [1.165, 1.54) is 11.8 Å². The third-order valence-electron chi connectivity index (χ3n) is 2.46. The molecule has 0 saturated carbocycles. The number of thioether (sulfide) groups is 1. The van der Waals surface area contributed by atoms with Crippen LogP contribution in [-0.4, -0.2) is 29.7 Å². The van der Waals surface area contributed by atoms with E-state index in [1.807, 2.05) is 45.9 Å². The molecule has 1 aromatic rings. The lowest BCUT2D eigenvalue weighted by atomic mass is 10.1. The second-order valence-corrected chi connectivity index (χ2v) is 7.71. The zero-order valence-electron chi connectivity index (χ0n) is 12.7. The summed E-state index contributed by atoms with van der Waals surface area (Å²) in [5.74, 6) is -0.0299. The molecule has 0 fully saturated rings. The molecular formula is C15H21BrN2O2S. The Kier molecular flexibility index (Phi) is 6.74. The van der Waals surface area contributed by atoms with E-state index in [9.17, 15) is 9.59 Å². The van der Waals surface area contributed by atoms with Gasteiger partial charge in [0.05, 0.1) is 12.3 Å². The van der Waals surface area contributed by atoms with E-state index in [0.717, 1.165) is 14.9 Å². The lowest BCUT2D eigenvalue weighted by Crippen LogP contribution is -2.46. The minimum absolute atomic E-state index is 0.00990. The minimum atomic E-state index is -0.287. The van der Waals surface area contributed by atoms with Crippen molar-refractivity contribution in [2.45, 2.75) is 38.1 Å². The van der Waals surface area contributed by atoms with Crippen LogP contribution in [-0.2, 0) is 9.59 Å². The lowest BCUT2D eigenvalue weighted by molar-refractivity contribution is -0.125. The van der Waals surface area contributed by atoms with Crippen molar-refractivity contribution in [1.29, 1.82) is 0 Å². The molecule has 1 rings (SSSR count). The molecule has 21 heavy (non-hydrogen) atoms. The van der Waals surface area contributed by atoms with Gasteiger partial charge in [-0.25, -0.2) is 0 Å². The van der Waals surface area contributed by atoms with Crippen LogP contribution in [0.15, 0.2) is 27.6 Å². The molecule has 6 heteroatoms. The first-order valence-corrected chi connectivity index (χ1v) is 8.42. The Hall–Kier alpha value is -1.01. The molecule has 0 aliphatic heterocycles. The number of rotatable bonds is 5. The van der Waals surface area contributed by atoms with Gasteiger partial charge in [0.25, 0.3) is 0 Å². The van der Waals surface area contributed by atoms with E-state index in [0.29, 0.717) is 5.75 Å². The maximum absolute atomic E-state index is 11.7. The standard InChI is InChI=1S/C15H21BrN2O2S/c1-10-7-11(16)5-6-12(10)21-9-14(20)17-8-13(19)18-15(2,3)4/h5-7H,8-9H2,1-4H3,(H,17,20)(H,18,19). The summed E-state index contributed by atoms with van der Waals surface area (Å²) in [5.41, 5.74) is 0.832. The third-order valence-corrected chi connectivity index (χ3v) is 4.13. The van der Waals surface area contributed by atoms with Crippen LogP contribution in [0.25, 0.3) is 0 Å². The number of hydrogen-bond acceptors (Lipinski definition) is 3. The van der Waals surface area contributed by atoms with Gasteiger partial charge in [-0.05, 0) is 51.5 Å². The Labute approximate surface area is 138 Å². The van der Waals surface area contributed by atoms with Crippen LogP contribution in [0.2, 0.25) is 0 Å². The molecule has 4 nitrogen and oxygen atoms in total. The molecule has 0 aromatic heterocycles. The fraction of sp³-hybridized carbons (Fsp3) is 0.467. The van der Waals surface area contributed by atoms with Gasteiger partial charge in [0, 0.05) is 14.9 Å². The number of hydrogen-bond donors (Lipinski definition) is 2. The first kappa shape index (κ1) is 18.0. The first-order valence-electron chi connectivity index (χ1n) is 6.64. The second kappa shape index (κ2) is 7.84. The summed E-state index contributed by atoms with van der Waals surface area (Å²) in [5, 5.41) is 5.42. The summed E-state index contributed by atoms with van der Waals surface area (Å²) in [6, 6.07) is 5.94. The summed E-state index contributed by atoms with van der Waals surface area (Å²) in [7, 11) is 0. The number of aryl methyl sites for hydroxylation is 1. The smallest absolute Gasteiger partial charge is 0.239 e. The van der Waals surface area contributed by atoms with E-state index < -0.39 is 0 Å². The van der Waals surface area contributed by atoms with Gasteiger partial charge in [-0.2, -0.15) is 0 Å². The molecule has 2 amide bonds. The van der Waals surface area contributed by atoms with Crippen molar-refractivity contribution in [2.75, 3.05) is 12.3 Å². The maximum Gasteiger partial charge on any atom is 0.239 e. The van der Waals surface area contributed by atoms with Crippen LogP contribution in [0.4, 0.5) is 0 Å². The summed E-state index contributed by atoms with van der Waals surface area (Å²) in [6.45, 7) is 7.72. The molecule has 0 atom stereocenters. The average molecular weight is 373 g/mol. The van der Waals surface area contributed by atoms with Crippen molar-refractivity contribution in [3.05, 3.63) is 28.2 Å². The molecule has 1 aromatic carbocycles. The van der Waals surface area contributed by atoms with E-state index >= 15 is 0 Å². The van der Waals surface area contributed by atoms with Crippen molar-refractivity contribution in [3.63, 3.8) is 0 Å². The fourth-order valence-corrected chi connectivity index (χ4v) is 2.93. The monoisotopic (exact) mass is 372 g/mol. The number of carbonyl (C=O) groups excluding carboxylic acids is 2. The Morgan fingerprint density at radius 2 is 1.90 bits per heavy atom. The SMILES string of the molecule is Cc1cc(Br)ccc1SCC(=O)NCC(=O)NC(C)(C)C. The summed E-state index contributed by atoms with van der Waals surface area (Å²) >= 11 is 4.87. The molecule has 116 valence electrons. The van der Waals surface area contributed by atoms with Crippen LogP contribution in [0.5, 0.6) is 0 Å². The molecule has 0 unspecified atom stereocenters. The molecule has 0 spiro atoms. The Balaban J connectivity index is 2.36. The zero-order valence-corrected chi connectivity index (χ0v) is 15.2. The highest BCUT2D eigenvalue weighted by Gasteiger charge is 2.14. The van der Waals surface area contributed by atoms with Crippen LogP contribution < -0.4 is 10.6 Å². The second-order valence-electron chi connectivity index (χ2n) is 5.77. The van der Waals surface area contributed by atoms with Crippen molar-refractivity contribution >= 4 is 39.5 Å². The molecule has 0 aliphatic rings. The molecule has 0 aliphatic carbocycles. The predicted molar refractivity (Wildman–Crippen MR) is 90.5 cm³/mol. The number of nitrogens with one attached hydrogen (secondary N) is 2. The van der Waals surface area contributed by atoms with Crippen LogP contribution in [0.1, 0.15) is 26.3 Å². The summed E-state index contributed by atoms with van der Waals surface area (Å²) < 4.78 is 1.02. The fourth-order valence-electron chi connectivity index (χ4n) is 1.61. The van der Waals surface area contributed by atoms with Gasteiger partial charge in [0.15, 0.2) is 0 Å². The largest absolute Gasteiger partial charge is 0.350 e. The minimum Gasteiger partial charge on any atom is -0.350 e. The average Bonchev–Trinajstić information content (AvgIpc) is 2.33. The van der Waals surface area contributed by atoms with E-state index in [2.05, 4.69) is 26.6 Å². The topological polar surface area (TPSA) is 58.2 Å². The van der Waals surface area contributed by atoms with Crippen LogP contribution in [0.3, 0.4) is 0 Å². The van der Waals surface area contributed by atoms with Gasteiger partial charge in [-0.15, -0.1) is 11.8 Å². The lowest BCUT2D eigenvalue weighted by Gasteiger charge is -2.20. The highest BCUT2D eigenvalue weighted by atomic mass is 79.9. The van der Waals surface area contributed by atoms with Gasteiger partial charge >= 0.3 is 0 Å². The highest BCUT2D eigenvalue weighted by Crippen LogP contribution is 2.24. The quantitative estimate of drug-likeness (QED) is 0.781. The van der Waals surface area contributed by atoms with Crippen LogP contribution in [0, 0.1) is 6.92 Å². The van der Waals surface area contributed by atoms with Gasteiger partial charge in [0.2, 0.25) is 11.8 Å². The van der Waals surface area contributed by atoms with Crippen molar-refractivity contribution in [2.24, 2.45) is 0 Å². The molecular weight excluding hydrogens is 352 g/mol. The first-order chi connectivity index (χ1) is 9.67. The Morgan fingerprint density at radius 1 is 1.24 bits per heavy atom. The van der Waals surface area contributed by atoms with Crippen molar-refractivity contribution < 1.29 is 9.59 Å². The molecule has 0 radical (unpaired) electrons. The van der Waals surface area contributed by atoms with Crippen molar-refractivity contribution in [1.82, 2.24) is 10.6 Å². The van der Waals surface area contributed by atoms with Gasteiger partial charge < -0.3 is 10.6 Å².